The lowest BCUT2D eigenvalue weighted by molar-refractivity contribution is 0.474. The molecule has 3 N–H and O–H groups in total. The maximum atomic E-state index is 9.11. The molecule has 60 valence electrons. The number of rotatable bonds is 1. The monoisotopic (exact) mass is 279 g/mol. The van der Waals surface area contributed by atoms with E-state index in [0.29, 0.717) is 6.54 Å². The summed E-state index contributed by atoms with van der Waals surface area (Å²) in [7, 11) is 0. The molecular formula is C7H7Br2NO. The Kier molecular flexibility index (Phi) is 2.92. The van der Waals surface area contributed by atoms with Crippen molar-refractivity contribution in [1.82, 2.24) is 0 Å². The van der Waals surface area contributed by atoms with E-state index in [1.165, 1.54) is 0 Å². The Morgan fingerprint density at radius 2 is 1.73 bits per heavy atom. The highest BCUT2D eigenvalue weighted by Crippen LogP contribution is 2.29. The number of phenols is 1. The topological polar surface area (TPSA) is 46.2 Å². The zero-order valence-electron chi connectivity index (χ0n) is 5.64. The maximum absolute atomic E-state index is 9.11. The Morgan fingerprint density at radius 1 is 1.27 bits per heavy atom. The molecule has 0 saturated heterocycles. The van der Waals surface area contributed by atoms with E-state index in [1.807, 2.05) is 0 Å². The molecule has 1 aromatic rings. The van der Waals surface area contributed by atoms with Crippen LogP contribution >= 0.6 is 31.9 Å². The maximum Gasteiger partial charge on any atom is 0.117 e. The van der Waals surface area contributed by atoms with Crippen molar-refractivity contribution in [3.63, 3.8) is 0 Å². The van der Waals surface area contributed by atoms with Crippen molar-refractivity contribution in [2.75, 3.05) is 0 Å². The minimum atomic E-state index is 0.223. The van der Waals surface area contributed by atoms with E-state index >= 15 is 0 Å². The molecule has 11 heavy (non-hydrogen) atoms. The highest BCUT2D eigenvalue weighted by Gasteiger charge is 2.04. The number of hydrogen-bond acceptors (Lipinski definition) is 2. The third-order valence-corrected chi connectivity index (χ3v) is 2.74. The van der Waals surface area contributed by atoms with E-state index < -0.39 is 0 Å². The Labute approximate surface area is 81.7 Å². The molecular weight excluding hydrogens is 274 g/mol. The van der Waals surface area contributed by atoms with Gasteiger partial charge in [-0.25, -0.2) is 0 Å². The number of phenolic OH excluding ortho intramolecular Hbond substituents is 1. The number of halogens is 2. The van der Waals surface area contributed by atoms with Crippen molar-refractivity contribution in [3.8, 4) is 5.75 Å². The summed E-state index contributed by atoms with van der Waals surface area (Å²) in [6, 6.07) is 3.24. The van der Waals surface area contributed by atoms with Crippen molar-refractivity contribution in [1.29, 1.82) is 0 Å². The quantitative estimate of drug-likeness (QED) is 0.830. The zero-order valence-corrected chi connectivity index (χ0v) is 8.81. The van der Waals surface area contributed by atoms with Gasteiger partial charge in [0.25, 0.3) is 0 Å². The van der Waals surface area contributed by atoms with Crippen LogP contribution < -0.4 is 5.73 Å². The normalized spacial score (nSPS) is 10.1. The van der Waals surface area contributed by atoms with Crippen LogP contribution in [0.2, 0.25) is 0 Å². The highest BCUT2D eigenvalue weighted by molar-refractivity contribution is 9.11. The van der Waals surface area contributed by atoms with Crippen LogP contribution in [0.15, 0.2) is 21.1 Å². The number of benzene rings is 1. The first-order chi connectivity index (χ1) is 5.15. The largest absolute Gasteiger partial charge is 0.508 e. The van der Waals surface area contributed by atoms with Gasteiger partial charge in [0.05, 0.1) is 0 Å². The lowest BCUT2D eigenvalue weighted by atomic mass is 10.2. The number of nitrogens with two attached hydrogens (primary N) is 1. The van der Waals surface area contributed by atoms with Gasteiger partial charge in [0.2, 0.25) is 0 Å². The number of aromatic hydroxyl groups is 1. The molecule has 0 atom stereocenters. The molecule has 0 spiro atoms. The zero-order chi connectivity index (χ0) is 8.43. The molecule has 0 unspecified atom stereocenters. The first-order valence-corrected chi connectivity index (χ1v) is 4.60. The van der Waals surface area contributed by atoms with Crippen LogP contribution in [0.1, 0.15) is 5.56 Å². The summed E-state index contributed by atoms with van der Waals surface area (Å²) in [5.74, 6) is 0.223. The summed E-state index contributed by atoms with van der Waals surface area (Å²) >= 11 is 6.58. The van der Waals surface area contributed by atoms with Gasteiger partial charge in [0.15, 0.2) is 0 Å². The van der Waals surface area contributed by atoms with Crippen LogP contribution in [0.5, 0.6) is 5.75 Å². The Morgan fingerprint density at radius 3 is 2.09 bits per heavy atom. The number of hydrogen-bond donors (Lipinski definition) is 2. The highest BCUT2D eigenvalue weighted by atomic mass is 79.9. The predicted octanol–water partition coefficient (Wildman–Crippen LogP) is 2.38. The molecule has 4 heteroatoms. The summed E-state index contributed by atoms with van der Waals surface area (Å²) in [6.07, 6.45) is 0. The van der Waals surface area contributed by atoms with Crippen LogP contribution in [0.4, 0.5) is 0 Å². The van der Waals surface area contributed by atoms with Crippen molar-refractivity contribution in [2.45, 2.75) is 6.54 Å². The molecule has 0 radical (unpaired) electrons. The second-order valence-corrected chi connectivity index (χ2v) is 3.80. The van der Waals surface area contributed by atoms with Crippen molar-refractivity contribution in [3.05, 3.63) is 26.6 Å². The van der Waals surface area contributed by atoms with Crippen LogP contribution in [0.3, 0.4) is 0 Å². The average Bonchev–Trinajstić information content (AvgIpc) is 1.85. The molecule has 0 fully saturated rings. The molecule has 0 aliphatic heterocycles. The Balaban J connectivity index is 3.25. The molecule has 0 aromatic heterocycles. The Hall–Kier alpha value is -0.0600. The Bertz CT molecular complexity index is 252. The van der Waals surface area contributed by atoms with Crippen LogP contribution in [-0.2, 0) is 6.54 Å². The standard InChI is InChI=1S/C7H7Br2NO/c8-6-1-4(11)2-7(9)5(6)3-10/h1-2,11H,3,10H2. The van der Waals surface area contributed by atoms with Gasteiger partial charge >= 0.3 is 0 Å². The fourth-order valence-corrected chi connectivity index (χ4v) is 2.27. The average molecular weight is 281 g/mol. The summed E-state index contributed by atoms with van der Waals surface area (Å²) in [6.45, 7) is 0.446. The second-order valence-electron chi connectivity index (χ2n) is 2.09. The summed E-state index contributed by atoms with van der Waals surface area (Å²) in [5, 5.41) is 9.11. The summed E-state index contributed by atoms with van der Waals surface area (Å²) in [5.41, 5.74) is 6.42. The second kappa shape index (κ2) is 3.56. The third kappa shape index (κ3) is 1.95. The van der Waals surface area contributed by atoms with E-state index in [9.17, 15) is 0 Å². The van der Waals surface area contributed by atoms with Crippen molar-refractivity contribution >= 4 is 31.9 Å². The van der Waals surface area contributed by atoms with Crippen LogP contribution in [0.25, 0.3) is 0 Å². The molecule has 0 aliphatic rings. The summed E-state index contributed by atoms with van der Waals surface area (Å²) < 4.78 is 1.65. The smallest absolute Gasteiger partial charge is 0.117 e. The molecule has 2 nitrogen and oxygen atoms in total. The third-order valence-electron chi connectivity index (χ3n) is 1.33. The van der Waals surface area contributed by atoms with E-state index in [4.69, 9.17) is 10.8 Å². The van der Waals surface area contributed by atoms with Crippen LogP contribution in [0, 0.1) is 0 Å². The van der Waals surface area contributed by atoms with E-state index in [1.54, 1.807) is 12.1 Å². The fourth-order valence-electron chi connectivity index (χ4n) is 0.785. The molecule has 0 heterocycles. The summed E-state index contributed by atoms with van der Waals surface area (Å²) in [4.78, 5) is 0. The molecule has 0 amide bonds. The lowest BCUT2D eigenvalue weighted by Crippen LogP contribution is -1.98. The van der Waals surface area contributed by atoms with Crippen molar-refractivity contribution in [2.24, 2.45) is 5.73 Å². The van der Waals surface area contributed by atoms with E-state index in [2.05, 4.69) is 31.9 Å². The van der Waals surface area contributed by atoms with Crippen molar-refractivity contribution < 1.29 is 5.11 Å². The fraction of sp³-hybridized carbons (Fsp3) is 0.143. The SMILES string of the molecule is NCc1c(Br)cc(O)cc1Br. The van der Waals surface area contributed by atoms with Gasteiger partial charge < -0.3 is 10.8 Å². The minimum Gasteiger partial charge on any atom is -0.508 e. The van der Waals surface area contributed by atoms with E-state index in [-0.39, 0.29) is 5.75 Å². The molecule has 0 saturated carbocycles. The van der Waals surface area contributed by atoms with Crippen LogP contribution in [-0.4, -0.2) is 5.11 Å². The van der Waals surface area contributed by atoms with Gasteiger partial charge in [-0.15, -0.1) is 0 Å². The molecule has 0 aliphatic carbocycles. The lowest BCUT2D eigenvalue weighted by Gasteiger charge is -2.04. The van der Waals surface area contributed by atoms with Gasteiger partial charge in [-0.2, -0.15) is 0 Å². The van der Waals surface area contributed by atoms with E-state index in [0.717, 1.165) is 14.5 Å². The van der Waals surface area contributed by atoms with Gasteiger partial charge in [0.1, 0.15) is 5.75 Å². The minimum absolute atomic E-state index is 0.223. The first-order valence-electron chi connectivity index (χ1n) is 3.02. The predicted molar refractivity (Wildman–Crippen MR) is 51.4 cm³/mol. The van der Waals surface area contributed by atoms with Gasteiger partial charge in [-0.3, -0.25) is 0 Å². The molecule has 1 rings (SSSR count). The van der Waals surface area contributed by atoms with Gasteiger partial charge in [-0.1, -0.05) is 31.9 Å². The first kappa shape index (κ1) is 9.03. The molecule has 1 aromatic carbocycles. The van der Waals surface area contributed by atoms with Gasteiger partial charge in [-0.05, 0) is 17.7 Å². The van der Waals surface area contributed by atoms with Gasteiger partial charge in [0, 0.05) is 15.5 Å². The molecule has 0 bridgehead atoms.